The Morgan fingerprint density at radius 1 is 1.14 bits per heavy atom. The van der Waals surface area contributed by atoms with Crippen LogP contribution in [0.2, 0.25) is 0 Å². The second kappa shape index (κ2) is 11.0. The smallest absolute Gasteiger partial charge is 0.303 e. The van der Waals surface area contributed by atoms with Gasteiger partial charge in [0.25, 0.3) is 0 Å². The van der Waals surface area contributed by atoms with Gasteiger partial charge in [-0.15, -0.1) is 0 Å². The molecule has 1 unspecified atom stereocenters. The fraction of sp³-hybridized carbons (Fsp3) is 0.414. The summed E-state index contributed by atoms with van der Waals surface area (Å²) in [6, 6.07) is 14.7. The van der Waals surface area contributed by atoms with Gasteiger partial charge in [0, 0.05) is 49.8 Å². The maximum Gasteiger partial charge on any atom is 0.303 e. The maximum absolute atomic E-state index is 11.0. The van der Waals surface area contributed by atoms with Crippen LogP contribution in [0.5, 0.6) is 5.75 Å². The summed E-state index contributed by atoms with van der Waals surface area (Å²) in [6.07, 6.45) is 2.97. The summed E-state index contributed by atoms with van der Waals surface area (Å²) in [4.78, 5) is 22.7. The van der Waals surface area contributed by atoms with Gasteiger partial charge in [-0.3, -0.25) is 9.69 Å². The molecule has 0 bridgehead atoms. The molecule has 0 radical (unpaired) electrons. The molecule has 2 heterocycles. The second-order valence-corrected chi connectivity index (χ2v) is 10.0. The lowest BCUT2D eigenvalue weighted by Crippen LogP contribution is -2.35. The zero-order valence-corrected chi connectivity index (χ0v) is 21.1. The van der Waals surface area contributed by atoms with Gasteiger partial charge in [-0.05, 0) is 53.6 Å². The van der Waals surface area contributed by atoms with E-state index in [4.69, 9.17) is 14.8 Å². The largest absolute Gasteiger partial charge is 0.489 e. The number of hydrogen-bond donors (Lipinski definition) is 1. The highest BCUT2D eigenvalue weighted by atomic mass is 16.5. The fourth-order valence-electron chi connectivity index (χ4n) is 4.58. The second-order valence-electron chi connectivity index (χ2n) is 10.0. The number of carboxylic acids is 1. The normalized spacial score (nSPS) is 14.5. The van der Waals surface area contributed by atoms with Crippen LogP contribution in [-0.2, 0) is 24.4 Å². The van der Waals surface area contributed by atoms with Crippen molar-refractivity contribution in [2.75, 3.05) is 13.1 Å². The Kier molecular flexibility index (Phi) is 7.81. The van der Waals surface area contributed by atoms with Gasteiger partial charge in [0.15, 0.2) is 5.82 Å². The first-order valence-electron chi connectivity index (χ1n) is 12.4. The molecule has 6 heteroatoms. The van der Waals surface area contributed by atoms with Crippen LogP contribution in [0.25, 0.3) is 11.4 Å². The molecular formula is C29H35N3O3. The quantitative estimate of drug-likeness (QED) is 0.434. The Hall–Kier alpha value is -3.25. The van der Waals surface area contributed by atoms with Crippen molar-refractivity contribution in [2.24, 2.45) is 5.92 Å². The maximum atomic E-state index is 11.0. The van der Waals surface area contributed by atoms with E-state index < -0.39 is 5.97 Å². The van der Waals surface area contributed by atoms with Gasteiger partial charge in [-0.1, -0.05) is 45.0 Å². The number of rotatable bonds is 9. The van der Waals surface area contributed by atoms with E-state index in [-0.39, 0.29) is 12.3 Å². The molecule has 184 valence electrons. The average molecular weight is 474 g/mol. The van der Waals surface area contributed by atoms with E-state index in [0.29, 0.717) is 12.5 Å². The van der Waals surface area contributed by atoms with E-state index >= 15 is 0 Å². The summed E-state index contributed by atoms with van der Waals surface area (Å²) in [5.41, 5.74) is 6.74. The number of aromatic nitrogens is 2. The van der Waals surface area contributed by atoms with Crippen molar-refractivity contribution in [3.8, 4) is 17.1 Å². The fourth-order valence-corrected chi connectivity index (χ4v) is 4.58. The van der Waals surface area contributed by atoms with Gasteiger partial charge in [0.2, 0.25) is 0 Å². The third-order valence-corrected chi connectivity index (χ3v) is 6.58. The van der Waals surface area contributed by atoms with E-state index in [2.05, 4.69) is 61.0 Å². The highest BCUT2D eigenvalue weighted by Crippen LogP contribution is 2.27. The standard InChI is InChI=1S/C29H35N3O3/c1-19(2)23-7-5-22(6-8-23)18-35-27-10-9-24(14-21(27)4)29-30-15-25-17-32(12-11-26(25)31-29)16-20(3)13-28(33)34/h5-10,14-15,19-20H,11-13,16-18H2,1-4H3,(H,33,34). The van der Waals surface area contributed by atoms with Crippen LogP contribution < -0.4 is 4.74 Å². The SMILES string of the molecule is Cc1cc(-c2ncc3c(n2)CCN(CC(C)CC(=O)O)C3)ccc1OCc1ccc(C(C)C)cc1. The third kappa shape index (κ3) is 6.45. The van der Waals surface area contributed by atoms with Gasteiger partial charge in [-0.2, -0.15) is 0 Å². The molecule has 0 fully saturated rings. The minimum atomic E-state index is -0.741. The number of carboxylic acid groups (broad SMARTS) is 1. The molecular weight excluding hydrogens is 438 g/mol. The van der Waals surface area contributed by atoms with Crippen molar-refractivity contribution < 1.29 is 14.6 Å². The molecule has 2 aromatic carbocycles. The number of aliphatic carboxylic acids is 1. The van der Waals surface area contributed by atoms with E-state index in [1.54, 1.807) is 0 Å². The van der Waals surface area contributed by atoms with Gasteiger partial charge in [0.05, 0.1) is 5.69 Å². The first kappa shape index (κ1) is 24.9. The van der Waals surface area contributed by atoms with Crippen molar-refractivity contribution in [3.63, 3.8) is 0 Å². The highest BCUT2D eigenvalue weighted by molar-refractivity contribution is 5.67. The third-order valence-electron chi connectivity index (χ3n) is 6.58. The Bertz CT molecular complexity index is 1170. The summed E-state index contributed by atoms with van der Waals surface area (Å²) >= 11 is 0. The topological polar surface area (TPSA) is 75.6 Å². The summed E-state index contributed by atoms with van der Waals surface area (Å²) in [5, 5.41) is 9.01. The number of aryl methyl sites for hydroxylation is 1. The first-order valence-corrected chi connectivity index (χ1v) is 12.4. The number of fused-ring (bicyclic) bond motifs is 1. The molecule has 6 nitrogen and oxygen atoms in total. The minimum Gasteiger partial charge on any atom is -0.489 e. The van der Waals surface area contributed by atoms with Gasteiger partial charge in [0.1, 0.15) is 12.4 Å². The van der Waals surface area contributed by atoms with Crippen molar-refractivity contribution in [3.05, 3.63) is 76.6 Å². The molecule has 1 aliphatic heterocycles. The molecule has 1 aliphatic rings. The molecule has 0 saturated carbocycles. The molecule has 0 aliphatic carbocycles. The molecule has 35 heavy (non-hydrogen) atoms. The molecule has 0 spiro atoms. The van der Waals surface area contributed by atoms with Gasteiger partial charge >= 0.3 is 5.97 Å². The lowest BCUT2D eigenvalue weighted by atomic mass is 10.0. The Balaban J connectivity index is 1.39. The van der Waals surface area contributed by atoms with E-state index in [1.807, 2.05) is 25.3 Å². The minimum absolute atomic E-state index is 0.123. The number of carbonyl (C=O) groups is 1. The van der Waals surface area contributed by atoms with Crippen LogP contribution in [0.15, 0.2) is 48.7 Å². The number of benzene rings is 2. The molecule has 1 atom stereocenters. The van der Waals surface area contributed by atoms with E-state index in [9.17, 15) is 4.79 Å². The summed E-state index contributed by atoms with van der Waals surface area (Å²) in [6.45, 7) is 11.4. The molecule has 1 N–H and O–H groups in total. The van der Waals surface area contributed by atoms with Crippen LogP contribution in [-0.4, -0.2) is 39.0 Å². The van der Waals surface area contributed by atoms with Crippen molar-refractivity contribution in [1.82, 2.24) is 14.9 Å². The molecule has 1 aromatic heterocycles. The Morgan fingerprint density at radius 3 is 2.60 bits per heavy atom. The predicted molar refractivity (Wildman–Crippen MR) is 137 cm³/mol. The van der Waals surface area contributed by atoms with Gasteiger partial charge < -0.3 is 9.84 Å². The van der Waals surface area contributed by atoms with Crippen LogP contribution in [0.4, 0.5) is 0 Å². The van der Waals surface area contributed by atoms with Crippen LogP contribution in [0, 0.1) is 12.8 Å². The number of nitrogens with zero attached hydrogens (tertiary/aromatic N) is 3. The van der Waals surface area contributed by atoms with E-state index in [0.717, 1.165) is 65.6 Å². The van der Waals surface area contributed by atoms with E-state index in [1.165, 1.54) is 5.56 Å². The van der Waals surface area contributed by atoms with Crippen molar-refractivity contribution in [1.29, 1.82) is 0 Å². The zero-order valence-electron chi connectivity index (χ0n) is 21.1. The lowest BCUT2D eigenvalue weighted by Gasteiger charge is -2.29. The molecule has 4 rings (SSSR count). The Labute approximate surface area is 208 Å². The predicted octanol–water partition coefficient (Wildman–Crippen LogP) is 5.62. The highest BCUT2D eigenvalue weighted by Gasteiger charge is 2.21. The van der Waals surface area contributed by atoms with Crippen LogP contribution >= 0.6 is 0 Å². The molecule has 0 saturated heterocycles. The number of ether oxygens (including phenoxy) is 1. The zero-order chi connectivity index (χ0) is 24.9. The molecule has 0 amide bonds. The molecule has 3 aromatic rings. The summed E-state index contributed by atoms with van der Waals surface area (Å²) < 4.78 is 6.09. The first-order chi connectivity index (χ1) is 16.8. The van der Waals surface area contributed by atoms with Gasteiger partial charge in [-0.25, -0.2) is 9.97 Å². The van der Waals surface area contributed by atoms with Crippen molar-refractivity contribution in [2.45, 2.75) is 59.6 Å². The van der Waals surface area contributed by atoms with Crippen molar-refractivity contribution >= 4 is 5.97 Å². The lowest BCUT2D eigenvalue weighted by molar-refractivity contribution is -0.138. The van der Waals surface area contributed by atoms with Crippen LogP contribution in [0.1, 0.15) is 61.1 Å². The summed E-state index contributed by atoms with van der Waals surface area (Å²) in [5.74, 6) is 1.51. The van der Waals surface area contributed by atoms with Crippen LogP contribution in [0.3, 0.4) is 0 Å². The average Bonchev–Trinajstić information content (AvgIpc) is 2.82. The monoisotopic (exact) mass is 473 g/mol. The number of hydrogen-bond acceptors (Lipinski definition) is 5. The summed E-state index contributed by atoms with van der Waals surface area (Å²) in [7, 11) is 0. The Morgan fingerprint density at radius 2 is 1.91 bits per heavy atom.